The van der Waals surface area contributed by atoms with Crippen molar-refractivity contribution in [2.45, 2.75) is 19.1 Å². The van der Waals surface area contributed by atoms with Crippen LogP contribution in [0, 0.1) is 0 Å². The number of hydrogen-bond acceptors (Lipinski definition) is 3. The number of amides is 1. The van der Waals surface area contributed by atoms with Crippen LogP contribution in [0.4, 0.5) is 13.2 Å². The van der Waals surface area contributed by atoms with Gasteiger partial charge in [0.15, 0.2) is 0 Å². The van der Waals surface area contributed by atoms with Crippen molar-refractivity contribution in [3.05, 3.63) is 0 Å². The Morgan fingerprint density at radius 2 is 2.18 bits per heavy atom. The van der Waals surface area contributed by atoms with Crippen LogP contribution in [0.5, 0.6) is 0 Å². The van der Waals surface area contributed by atoms with Gasteiger partial charge in [0, 0.05) is 25.7 Å². The van der Waals surface area contributed by atoms with E-state index in [1.807, 2.05) is 6.92 Å². The van der Waals surface area contributed by atoms with Gasteiger partial charge < -0.3 is 15.0 Å². The van der Waals surface area contributed by atoms with Gasteiger partial charge in [-0.15, -0.1) is 12.4 Å². The third-order valence-corrected chi connectivity index (χ3v) is 2.31. The molecule has 1 saturated heterocycles. The van der Waals surface area contributed by atoms with E-state index in [0.717, 1.165) is 0 Å². The fourth-order valence-electron chi connectivity index (χ4n) is 1.55. The second-order valence-electron chi connectivity index (χ2n) is 3.75. The summed E-state index contributed by atoms with van der Waals surface area (Å²) in [6, 6.07) is -0.00395. The highest BCUT2D eigenvalue weighted by Gasteiger charge is 2.29. The van der Waals surface area contributed by atoms with Crippen molar-refractivity contribution >= 4 is 18.3 Å². The van der Waals surface area contributed by atoms with Gasteiger partial charge in [-0.3, -0.25) is 4.79 Å². The average Bonchev–Trinajstić information content (AvgIpc) is 2.16. The van der Waals surface area contributed by atoms with Gasteiger partial charge in [-0.2, -0.15) is 13.2 Å². The molecule has 0 aliphatic carbocycles. The van der Waals surface area contributed by atoms with E-state index in [-0.39, 0.29) is 18.4 Å². The van der Waals surface area contributed by atoms with Crippen LogP contribution in [0.1, 0.15) is 6.92 Å². The summed E-state index contributed by atoms with van der Waals surface area (Å²) in [7, 11) is 0. The molecule has 1 aliphatic rings. The van der Waals surface area contributed by atoms with Gasteiger partial charge in [0.05, 0.1) is 0 Å². The predicted octanol–water partition coefficient (Wildman–Crippen LogP) is 0.807. The fraction of sp³-hybridized carbons (Fsp3) is 0.889. The molecule has 4 nitrogen and oxygen atoms in total. The smallest absolute Gasteiger partial charge is 0.362 e. The number of alkyl halides is 3. The summed E-state index contributed by atoms with van der Waals surface area (Å²) in [4.78, 5) is 13.0. The summed E-state index contributed by atoms with van der Waals surface area (Å²) in [6.45, 7) is 1.78. The molecule has 0 unspecified atom stereocenters. The second-order valence-corrected chi connectivity index (χ2v) is 3.75. The van der Waals surface area contributed by atoms with Gasteiger partial charge in [-0.1, -0.05) is 0 Å². The number of rotatable bonds is 3. The lowest BCUT2D eigenvalue weighted by atomic mass is 10.2. The van der Waals surface area contributed by atoms with Crippen LogP contribution in [0.2, 0.25) is 0 Å². The molecule has 0 saturated carbocycles. The number of nitrogens with one attached hydrogen (secondary N) is 1. The van der Waals surface area contributed by atoms with Gasteiger partial charge in [-0.05, 0) is 6.92 Å². The Kier molecular flexibility index (Phi) is 6.81. The summed E-state index contributed by atoms with van der Waals surface area (Å²) < 4.78 is 39.6. The Hall–Kier alpha value is -0.530. The van der Waals surface area contributed by atoms with Crippen LogP contribution in [0.25, 0.3) is 0 Å². The van der Waals surface area contributed by atoms with Crippen molar-refractivity contribution in [1.82, 2.24) is 10.2 Å². The van der Waals surface area contributed by atoms with E-state index in [1.54, 1.807) is 0 Å². The van der Waals surface area contributed by atoms with Crippen LogP contribution < -0.4 is 5.32 Å². The highest BCUT2D eigenvalue weighted by atomic mass is 35.5. The Balaban J connectivity index is 0.00000256. The average molecular weight is 277 g/mol. The van der Waals surface area contributed by atoms with Crippen LogP contribution in [0.15, 0.2) is 0 Å². The summed E-state index contributed by atoms with van der Waals surface area (Å²) >= 11 is 0. The first-order valence-electron chi connectivity index (χ1n) is 5.05. The molecule has 1 fully saturated rings. The minimum absolute atomic E-state index is 0. The Bertz CT molecular complexity index is 251. The lowest BCUT2D eigenvalue weighted by Crippen LogP contribution is -2.53. The summed E-state index contributed by atoms with van der Waals surface area (Å²) in [5, 5.41) is 3.09. The second kappa shape index (κ2) is 7.03. The van der Waals surface area contributed by atoms with Crippen molar-refractivity contribution < 1.29 is 22.7 Å². The number of carbonyl (C=O) groups is 1. The third-order valence-electron chi connectivity index (χ3n) is 2.31. The zero-order chi connectivity index (χ0) is 12.2. The van der Waals surface area contributed by atoms with E-state index >= 15 is 0 Å². The zero-order valence-corrected chi connectivity index (χ0v) is 10.2. The minimum atomic E-state index is -4.38. The van der Waals surface area contributed by atoms with Gasteiger partial charge >= 0.3 is 6.18 Å². The van der Waals surface area contributed by atoms with Gasteiger partial charge in [0.1, 0.15) is 13.2 Å². The molecule has 0 aromatic carbocycles. The number of hydrogen-bond donors (Lipinski definition) is 1. The van der Waals surface area contributed by atoms with Gasteiger partial charge in [0.25, 0.3) is 0 Å². The van der Waals surface area contributed by atoms with Gasteiger partial charge in [0.2, 0.25) is 5.91 Å². The molecule has 0 aromatic heterocycles. The molecule has 17 heavy (non-hydrogen) atoms. The van der Waals surface area contributed by atoms with Crippen molar-refractivity contribution in [3.8, 4) is 0 Å². The largest absolute Gasteiger partial charge is 0.411 e. The molecule has 0 radical (unpaired) electrons. The van der Waals surface area contributed by atoms with E-state index in [4.69, 9.17) is 0 Å². The summed E-state index contributed by atoms with van der Waals surface area (Å²) in [6.07, 6.45) is -4.38. The number of piperazine rings is 1. The molecule has 0 aromatic rings. The van der Waals surface area contributed by atoms with Crippen molar-refractivity contribution in [2.24, 2.45) is 0 Å². The van der Waals surface area contributed by atoms with E-state index in [9.17, 15) is 18.0 Å². The minimum Gasteiger partial charge on any atom is -0.362 e. The topological polar surface area (TPSA) is 41.6 Å². The van der Waals surface area contributed by atoms with E-state index in [2.05, 4.69) is 10.1 Å². The van der Waals surface area contributed by atoms with E-state index < -0.39 is 25.3 Å². The standard InChI is InChI=1S/C9H15F3N2O2.ClH/c1-7-4-13-2-3-14(7)8(15)5-16-6-9(10,11)12;/h7,13H,2-6H2,1H3;1H/t7-;/m1./s1. The normalized spacial score (nSPS) is 20.9. The number of ether oxygens (including phenoxy) is 1. The molecule has 1 N–H and O–H groups in total. The maximum atomic E-state index is 11.8. The molecular formula is C9H16ClF3N2O2. The molecule has 1 rings (SSSR count). The van der Waals surface area contributed by atoms with Crippen molar-refractivity contribution in [1.29, 1.82) is 0 Å². The van der Waals surface area contributed by atoms with Gasteiger partial charge in [-0.25, -0.2) is 0 Å². The monoisotopic (exact) mass is 276 g/mol. The van der Waals surface area contributed by atoms with E-state index in [1.165, 1.54) is 4.90 Å². The third kappa shape index (κ3) is 6.09. The van der Waals surface area contributed by atoms with Crippen LogP contribution in [-0.2, 0) is 9.53 Å². The molecule has 0 bridgehead atoms. The van der Waals surface area contributed by atoms with Crippen molar-refractivity contribution in [3.63, 3.8) is 0 Å². The quantitative estimate of drug-likeness (QED) is 0.829. The predicted molar refractivity (Wildman–Crippen MR) is 58.2 cm³/mol. The SMILES string of the molecule is C[C@@H]1CNCCN1C(=O)COCC(F)(F)F.Cl. The van der Waals surface area contributed by atoms with Crippen LogP contribution in [0.3, 0.4) is 0 Å². The Morgan fingerprint density at radius 1 is 1.53 bits per heavy atom. The lowest BCUT2D eigenvalue weighted by molar-refractivity contribution is -0.178. The number of nitrogens with zero attached hydrogens (tertiary/aromatic N) is 1. The summed E-state index contributed by atoms with van der Waals surface area (Å²) in [5.41, 5.74) is 0. The number of halogens is 4. The highest BCUT2D eigenvalue weighted by molar-refractivity contribution is 5.85. The Labute approximate surface area is 104 Å². The zero-order valence-electron chi connectivity index (χ0n) is 9.42. The molecule has 102 valence electrons. The molecule has 1 amide bonds. The lowest BCUT2D eigenvalue weighted by Gasteiger charge is -2.33. The maximum absolute atomic E-state index is 11.8. The first-order chi connectivity index (χ1) is 7.40. The van der Waals surface area contributed by atoms with Crippen LogP contribution >= 0.6 is 12.4 Å². The molecular weight excluding hydrogens is 261 g/mol. The first kappa shape index (κ1) is 16.5. The molecule has 1 aliphatic heterocycles. The first-order valence-corrected chi connectivity index (χ1v) is 5.05. The number of carbonyl (C=O) groups excluding carboxylic acids is 1. The van der Waals surface area contributed by atoms with E-state index in [0.29, 0.717) is 19.6 Å². The Morgan fingerprint density at radius 3 is 2.71 bits per heavy atom. The van der Waals surface area contributed by atoms with Crippen LogP contribution in [-0.4, -0.2) is 55.9 Å². The molecule has 1 heterocycles. The summed E-state index contributed by atoms with van der Waals surface area (Å²) in [5.74, 6) is -0.391. The van der Waals surface area contributed by atoms with Crippen molar-refractivity contribution in [2.75, 3.05) is 32.8 Å². The molecule has 8 heteroatoms. The highest BCUT2D eigenvalue weighted by Crippen LogP contribution is 2.14. The fourth-order valence-corrected chi connectivity index (χ4v) is 1.55. The molecule has 0 spiro atoms. The maximum Gasteiger partial charge on any atom is 0.411 e. The molecule has 1 atom stereocenters.